The summed E-state index contributed by atoms with van der Waals surface area (Å²) in [4.78, 5) is 2.40. The fraction of sp³-hybridized carbons (Fsp3) is 0. The zero-order chi connectivity index (χ0) is 40.7. The first-order chi connectivity index (χ1) is 30.7. The number of hydrogen-bond donors (Lipinski definition) is 0. The molecular formula is C58H36N2OS. The largest absolute Gasteiger partial charge is 0.455 e. The molecule has 13 rings (SSSR count). The van der Waals surface area contributed by atoms with E-state index in [2.05, 4.69) is 228 Å². The number of thiophene rings is 1. The van der Waals surface area contributed by atoms with Crippen molar-refractivity contribution in [3.05, 3.63) is 218 Å². The highest BCUT2D eigenvalue weighted by Crippen LogP contribution is 2.46. The van der Waals surface area contributed by atoms with Crippen LogP contribution in [0.5, 0.6) is 0 Å². The molecule has 4 heteroatoms. The number of benzene rings is 10. The Kier molecular flexibility index (Phi) is 7.78. The second-order valence-corrected chi connectivity index (χ2v) is 17.2. The molecule has 0 atom stereocenters. The van der Waals surface area contributed by atoms with Gasteiger partial charge in [-0.1, -0.05) is 133 Å². The fourth-order valence-corrected chi connectivity index (χ4v) is 10.8. The van der Waals surface area contributed by atoms with Crippen LogP contribution in [0.3, 0.4) is 0 Å². The first kappa shape index (κ1) is 34.9. The van der Waals surface area contributed by atoms with Crippen LogP contribution in [0.15, 0.2) is 223 Å². The monoisotopic (exact) mass is 808 g/mol. The molecule has 0 unspecified atom stereocenters. The Morgan fingerprint density at radius 1 is 0.387 bits per heavy atom. The first-order valence-corrected chi connectivity index (χ1v) is 21.9. The summed E-state index contributed by atoms with van der Waals surface area (Å²) in [6.07, 6.45) is 0. The maximum absolute atomic E-state index is 6.73. The highest BCUT2D eigenvalue weighted by Gasteiger charge is 2.21. The smallest absolute Gasteiger partial charge is 0.143 e. The quantitative estimate of drug-likeness (QED) is 0.167. The van der Waals surface area contributed by atoms with Gasteiger partial charge in [-0.3, -0.25) is 0 Å². The summed E-state index contributed by atoms with van der Waals surface area (Å²) in [6.45, 7) is 0. The SMILES string of the molecule is c1ccc(-n2c3ccccc3c3cc(-c4ccc(N(c5cccc(-c6ccc7c(c6)sc6ccccc67)c5)c5cccc6oc7c8ccccc8ccc7c56)cc4)ccc32)cc1. The van der Waals surface area contributed by atoms with Crippen LogP contribution in [-0.4, -0.2) is 4.57 Å². The molecule has 0 aliphatic carbocycles. The van der Waals surface area contributed by atoms with Gasteiger partial charge in [-0.2, -0.15) is 0 Å². The van der Waals surface area contributed by atoms with Crippen molar-refractivity contribution in [1.29, 1.82) is 0 Å². The third-order valence-electron chi connectivity index (χ3n) is 12.6. The Morgan fingerprint density at radius 3 is 1.97 bits per heavy atom. The molecule has 13 aromatic rings. The van der Waals surface area contributed by atoms with E-state index in [1.165, 1.54) is 64.1 Å². The summed E-state index contributed by atoms with van der Waals surface area (Å²) in [5.74, 6) is 0. The molecule has 0 N–H and O–H groups in total. The van der Waals surface area contributed by atoms with Gasteiger partial charge in [-0.25, -0.2) is 0 Å². The lowest BCUT2D eigenvalue weighted by molar-refractivity contribution is 0.672. The molecule has 0 saturated heterocycles. The molecule has 62 heavy (non-hydrogen) atoms. The van der Waals surface area contributed by atoms with Crippen LogP contribution in [0.2, 0.25) is 0 Å². The number of aromatic nitrogens is 1. The van der Waals surface area contributed by atoms with E-state index in [0.717, 1.165) is 55.6 Å². The van der Waals surface area contributed by atoms with Gasteiger partial charge in [0.1, 0.15) is 11.2 Å². The molecule has 0 fully saturated rings. The molecule has 0 spiro atoms. The van der Waals surface area contributed by atoms with Gasteiger partial charge in [0.05, 0.1) is 22.1 Å². The summed E-state index contributed by atoms with van der Waals surface area (Å²) < 4.78 is 11.7. The van der Waals surface area contributed by atoms with E-state index in [1.54, 1.807) is 0 Å². The number of para-hydroxylation sites is 2. The first-order valence-electron chi connectivity index (χ1n) is 21.1. The maximum Gasteiger partial charge on any atom is 0.143 e. The molecule has 0 aliphatic rings. The van der Waals surface area contributed by atoms with Crippen molar-refractivity contribution < 1.29 is 4.42 Å². The lowest BCUT2D eigenvalue weighted by Crippen LogP contribution is -2.10. The summed E-state index contributed by atoms with van der Waals surface area (Å²) in [5.41, 5.74) is 13.3. The van der Waals surface area contributed by atoms with Crippen molar-refractivity contribution in [2.75, 3.05) is 4.90 Å². The molecule has 0 aliphatic heterocycles. The highest BCUT2D eigenvalue weighted by molar-refractivity contribution is 7.25. The standard InChI is InChI=1S/C58H36N2OS/c1-2-14-42(15-3-1)60-51-20-8-6-18-46(51)50-35-40(28-33-52(50)60)37-24-29-43(30-25-37)59(53-21-11-22-54-57(53)49-32-26-38-12-4-5-17-45(38)58(49)61-54)44-16-10-13-39(34-44)41-27-31-48-47-19-7-9-23-55(47)62-56(48)36-41/h1-36H. The Balaban J connectivity index is 0.969. The zero-order valence-corrected chi connectivity index (χ0v) is 34.3. The Hall–Kier alpha value is -7.92. The number of fused-ring (bicyclic) bond motifs is 11. The van der Waals surface area contributed by atoms with Gasteiger partial charge in [-0.15, -0.1) is 11.3 Å². The lowest BCUT2D eigenvalue weighted by Gasteiger charge is -2.27. The minimum atomic E-state index is 0.866. The van der Waals surface area contributed by atoms with Crippen LogP contribution in [-0.2, 0) is 0 Å². The fourth-order valence-electron chi connectivity index (χ4n) is 9.69. The molecule has 3 nitrogen and oxygen atoms in total. The molecule has 10 aromatic carbocycles. The van der Waals surface area contributed by atoms with Gasteiger partial charge in [0.2, 0.25) is 0 Å². The summed E-state index contributed by atoms with van der Waals surface area (Å²) in [7, 11) is 0. The zero-order valence-electron chi connectivity index (χ0n) is 33.5. The van der Waals surface area contributed by atoms with Crippen LogP contribution in [0.4, 0.5) is 17.1 Å². The van der Waals surface area contributed by atoms with E-state index in [-0.39, 0.29) is 0 Å². The van der Waals surface area contributed by atoms with Gasteiger partial charge in [0, 0.05) is 58.8 Å². The Bertz CT molecular complexity index is 3870. The van der Waals surface area contributed by atoms with E-state index >= 15 is 0 Å². The van der Waals surface area contributed by atoms with Crippen molar-refractivity contribution in [1.82, 2.24) is 4.57 Å². The molecule has 0 saturated carbocycles. The molecule has 0 bridgehead atoms. The van der Waals surface area contributed by atoms with Gasteiger partial charge in [0.25, 0.3) is 0 Å². The van der Waals surface area contributed by atoms with E-state index < -0.39 is 0 Å². The average Bonchev–Trinajstić information content (AvgIpc) is 4.02. The number of rotatable bonds is 6. The third kappa shape index (κ3) is 5.44. The number of anilines is 3. The van der Waals surface area contributed by atoms with E-state index in [9.17, 15) is 0 Å². The second-order valence-electron chi connectivity index (χ2n) is 16.1. The minimum absolute atomic E-state index is 0.866. The molecule has 3 aromatic heterocycles. The summed E-state index contributed by atoms with van der Waals surface area (Å²) >= 11 is 1.86. The van der Waals surface area contributed by atoms with Crippen molar-refractivity contribution >= 4 is 103 Å². The number of hydrogen-bond acceptors (Lipinski definition) is 3. The third-order valence-corrected chi connectivity index (χ3v) is 13.7. The van der Waals surface area contributed by atoms with Crippen LogP contribution < -0.4 is 4.90 Å². The van der Waals surface area contributed by atoms with Crippen LogP contribution in [0.1, 0.15) is 0 Å². The second kappa shape index (κ2) is 13.8. The maximum atomic E-state index is 6.73. The Morgan fingerprint density at radius 2 is 1.06 bits per heavy atom. The number of furan rings is 1. The minimum Gasteiger partial charge on any atom is -0.455 e. The summed E-state index contributed by atoms with van der Waals surface area (Å²) in [5, 5.41) is 9.58. The molecule has 290 valence electrons. The van der Waals surface area contributed by atoms with Crippen molar-refractivity contribution in [2.24, 2.45) is 0 Å². The topological polar surface area (TPSA) is 21.3 Å². The van der Waals surface area contributed by atoms with Crippen LogP contribution in [0, 0.1) is 0 Å². The molecule has 0 amide bonds. The van der Waals surface area contributed by atoms with Crippen LogP contribution in [0.25, 0.3) is 103 Å². The number of nitrogens with zero attached hydrogens (tertiary/aromatic N) is 2. The van der Waals surface area contributed by atoms with E-state index in [0.29, 0.717) is 0 Å². The van der Waals surface area contributed by atoms with Crippen molar-refractivity contribution in [3.8, 4) is 27.9 Å². The highest BCUT2D eigenvalue weighted by atomic mass is 32.1. The van der Waals surface area contributed by atoms with Crippen LogP contribution >= 0.6 is 11.3 Å². The summed E-state index contributed by atoms with van der Waals surface area (Å²) in [6, 6.07) is 79.2. The average molecular weight is 809 g/mol. The van der Waals surface area contributed by atoms with Gasteiger partial charge in [-0.05, 0) is 113 Å². The van der Waals surface area contributed by atoms with Gasteiger partial charge in [0.15, 0.2) is 0 Å². The molecule has 0 radical (unpaired) electrons. The normalized spacial score (nSPS) is 11.9. The Labute approximate surface area is 361 Å². The van der Waals surface area contributed by atoms with E-state index in [4.69, 9.17) is 4.42 Å². The molecule has 3 heterocycles. The predicted octanol–water partition coefficient (Wildman–Crippen LogP) is 17.0. The van der Waals surface area contributed by atoms with Gasteiger partial charge < -0.3 is 13.9 Å². The van der Waals surface area contributed by atoms with E-state index in [1.807, 2.05) is 11.3 Å². The predicted molar refractivity (Wildman–Crippen MR) is 264 cm³/mol. The van der Waals surface area contributed by atoms with Crippen molar-refractivity contribution in [2.45, 2.75) is 0 Å². The van der Waals surface area contributed by atoms with Gasteiger partial charge >= 0.3 is 0 Å². The van der Waals surface area contributed by atoms with Crippen molar-refractivity contribution in [3.63, 3.8) is 0 Å². The lowest BCUT2D eigenvalue weighted by atomic mass is 10.0. The molecular weight excluding hydrogens is 773 g/mol.